The van der Waals surface area contributed by atoms with E-state index in [4.69, 9.17) is 17.3 Å². The number of hydrogen-bond acceptors (Lipinski definition) is 3. The van der Waals surface area contributed by atoms with E-state index >= 15 is 0 Å². The Labute approximate surface area is 203 Å². The third kappa shape index (κ3) is 6.21. The Morgan fingerprint density at radius 3 is 2.70 bits per heavy atom. The molecular formula is C28H37ClN4. The molecule has 0 spiro atoms. The van der Waals surface area contributed by atoms with Crippen molar-refractivity contribution in [3.63, 3.8) is 0 Å². The Hall–Kier alpha value is -2.69. The van der Waals surface area contributed by atoms with Crippen molar-refractivity contribution in [3.8, 4) is 11.1 Å². The van der Waals surface area contributed by atoms with Crippen LogP contribution in [0.15, 0.2) is 72.2 Å². The molecule has 1 aromatic heterocycles. The van der Waals surface area contributed by atoms with Gasteiger partial charge in [-0.1, -0.05) is 63.2 Å². The molecule has 0 unspecified atom stereocenters. The Bertz CT molecular complexity index is 1090. The predicted molar refractivity (Wildman–Crippen MR) is 143 cm³/mol. The highest BCUT2D eigenvalue weighted by atomic mass is 35.5. The van der Waals surface area contributed by atoms with Gasteiger partial charge in [0, 0.05) is 66.2 Å². The van der Waals surface area contributed by atoms with E-state index in [2.05, 4.69) is 74.4 Å². The van der Waals surface area contributed by atoms with Crippen LogP contribution in [0.1, 0.15) is 45.4 Å². The summed E-state index contributed by atoms with van der Waals surface area (Å²) in [4.78, 5) is 5.88. The zero-order valence-electron chi connectivity index (χ0n) is 20.4. The number of H-pyrrole nitrogens is 1. The van der Waals surface area contributed by atoms with E-state index in [0.717, 1.165) is 60.6 Å². The van der Waals surface area contributed by atoms with E-state index < -0.39 is 0 Å². The number of allylic oxidation sites excluding steroid dienone is 4. The number of aromatic amines is 1. The molecule has 0 atom stereocenters. The summed E-state index contributed by atoms with van der Waals surface area (Å²) in [7, 11) is 0. The highest BCUT2D eigenvalue weighted by Gasteiger charge is 2.23. The standard InChI is InChI=1S/C28H37ClN4/c1-7-19(4)8-11-27(21(6)18(2)3)32-20(5)16-33-13-12-28-25(17-33)24(15-31-28)23-10-9-22(30)14-26(23)29/h8-11,14-15,18,31-32H,4-5,7,12-13,16-17,30H2,1-3,6H3/b11-8-,27-21+. The van der Waals surface area contributed by atoms with Crippen LogP contribution in [0, 0.1) is 5.92 Å². The Morgan fingerprint density at radius 1 is 1.27 bits per heavy atom. The van der Waals surface area contributed by atoms with E-state index in [-0.39, 0.29) is 0 Å². The first-order valence-electron chi connectivity index (χ1n) is 11.7. The van der Waals surface area contributed by atoms with Crippen molar-refractivity contribution in [2.75, 3.05) is 18.8 Å². The monoisotopic (exact) mass is 464 g/mol. The molecule has 1 aliphatic heterocycles. The van der Waals surface area contributed by atoms with Gasteiger partial charge in [0.15, 0.2) is 0 Å². The SMILES string of the molecule is C=C(/C=C\C(NC(=C)CN1CCc2[nH]cc(-c3ccc(N)cc3Cl)c2C1)=C(\C)C(C)C)CC. The molecule has 4 nitrogen and oxygen atoms in total. The van der Waals surface area contributed by atoms with E-state index in [1.807, 2.05) is 18.2 Å². The molecule has 4 N–H and O–H groups in total. The molecule has 2 aromatic rings. The molecule has 0 radical (unpaired) electrons. The van der Waals surface area contributed by atoms with Gasteiger partial charge in [-0.15, -0.1) is 0 Å². The number of nitrogen functional groups attached to an aromatic ring is 1. The molecule has 0 bridgehead atoms. The molecule has 0 saturated heterocycles. The largest absolute Gasteiger partial charge is 0.399 e. The second kappa shape index (κ2) is 11.0. The van der Waals surface area contributed by atoms with Gasteiger partial charge in [-0.2, -0.15) is 0 Å². The van der Waals surface area contributed by atoms with Crippen LogP contribution in [0.4, 0.5) is 5.69 Å². The summed E-state index contributed by atoms with van der Waals surface area (Å²) < 4.78 is 0. The van der Waals surface area contributed by atoms with Gasteiger partial charge in [0.1, 0.15) is 0 Å². The van der Waals surface area contributed by atoms with Crippen LogP contribution in [-0.2, 0) is 13.0 Å². The van der Waals surface area contributed by atoms with Crippen LogP contribution in [-0.4, -0.2) is 23.0 Å². The van der Waals surface area contributed by atoms with Crippen molar-refractivity contribution in [2.24, 2.45) is 5.92 Å². The Kier molecular flexibility index (Phi) is 8.28. The number of nitrogens with one attached hydrogen (secondary N) is 2. The fourth-order valence-corrected chi connectivity index (χ4v) is 4.29. The average molecular weight is 465 g/mol. The number of anilines is 1. The van der Waals surface area contributed by atoms with Gasteiger partial charge >= 0.3 is 0 Å². The fourth-order valence-electron chi connectivity index (χ4n) is 4.00. The van der Waals surface area contributed by atoms with Crippen LogP contribution >= 0.6 is 11.6 Å². The van der Waals surface area contributed by atoms with Crippen molar-refractivity contribution in [1.82, 2.24) is 15.2 Å². The number of aromatic nitrogens is 1. The maximum atomic E-state index is 6.51. The molecule has 33 heavy (non-hydrogen) atoms. The second-order valence-corrected chi connectivity index (χ2v) is 9.59. The molecule has 1 aliphatic rings. The summed E-state index contributed by atoms with van der Waals surface area (Å²) in [6.07, 6.45) is 8.21. The average Bonchev–Trinajstić information content (AvgIpc) is 3.18. The molecule has 176 valence electrons. The molecule has 0 saturated carbocycles. The first kappa shape index (κ1) is 24.9. The molecule has 1 aromatic carbocycles. The first-order chi connectivity index (χ1) is 15.7. The summed E-state index contributed by atoms with van der Waals surface area (Å²) in [5.41, 5.74) is 15.8. The lowest BCUT2D eigenvalue weighted by Gasteiger charge is -2.29. The lowest BCUT2D eigenvalue weighted by atomic mass is 9.98. The van der Waals surface area contributed by atoms with E-state index in [1.54, 1.807) is 0 Å². The number of nitrogens with zero attached hydrogens (tertiary/aromatic N) is 1. The van der Waals surface area contributed by atoms with Crippen molar-refractivity contribution >= 4 is 17.3 Å². The van der Waals surface area contributed by atoms with Gasteiger partial charge in [0.2, 0.25) is 0 Å². The molecule has 0 amide bonds. The number of hydrogen-bond donors (Lipinski definition) is 3. The van der Waals surface area contributed by atoms with Crippen molar-refractivity contribution < 1.29 is 0 Å². The van der Waals surface area contributed by atoms with E-state index in [1.165, 1.54) is 16.8 Å². The van der Waals surface area contributed by atoms with Gasteiger partial charge in [-0.3, -0.25) is 4.90 Å². The third-order valence-electron chi connectivity index (χ3n) is 6.38. The fraction of sp³-hybridized carbons (Fsp3) is 0.357. The molecule has 3 rings (SSSR count). The first-order valence-corrected chi connectivity index (χ1v) is 12.1. The second-order valence-electron chi connectivity index (χ2n) is 9.18. The minimum Gasteiger partial charge on any atom is -0.399 e. The number of rotatable bonds is 9. The Morgan fingerprint density at radius 2 is 2.03 bits per heavy atom. The van der Waals surface area contributed by atoms with E-state index in [9.17, 15) is 0 Å². The van der Waals surface area contributed by atoms with Gasteiger partial charge in [0.05, 0.1) is 5.02 Å². The minimum atomic E-state index is 0.449. The molecule has 5 heteroatoms. The maximum absolute atomic E-state index is 6.51. The maximum Gasteiger partial charge on any atom is 0.0505 e. The zero-order chi connectivity index (χ0) is 24.1. The van der Waals surface area contributed by atoms with Gasteiger partial charge < -0.3 is 16.0 Å². The quantitative estimate of drug-likeness (QED) is 0.281. The summed E-state index contributed by atoms with van der Waals surface area (Å²) >= 11 is 6.51. The van der Waals surface area contributed by atoms with Crippen LogP contribution in [0.5, 0.6) is 0 Å². The van der Waals surface area contributed by atoms with Crippen LogP contribution in [0.2, 0.25) is 5.02 Å². The normalized spacial score (nSPS) is 15.0. The van der Waals surface area contributed by atoms with Crippen molar-refractivity contribution in [3.05, 3.63) is 88.5 Å². The molecule has 2 heterocycles. The molecular weight excluding hydrogens is 428 g/mol. The highest BCUT2D eigenvalue weighted by Crippen LogP contribution is 2.35. The highest BCUT2D eigenvalue weighted by molar-refractivity contribution is 6.33. The molecule has 0 fully saturated rings. The minimum absolute atomic E-state index is 0.449. The summed E-state index contributed by atoms with van der Waals surface area (Å²) in [6, 6.07) is 5.72. The van der Waals surface area contributed by atoms with E-state index in [0.29, 0.717) is 16.6 Å². The van der Waals surface area contributed by atoms with Crippen LogP contribution < -0.4 is 11.1 Å². The Balaban J connectivity index is 1.74. The summed E-state index contributed by atoms with van der Waals surface area (Å²) in [5, 5.41) is 4.26. The van der Waals surface area contributed by atoms with Crippen molar-refractivity contribution in [2.45, 2.75) is 47.1 Å². The van der Waals surface area contributed by atoms with Gasteiger partial charge in [-0.25, -0.2) is 0 Å². The van der Waals surface area contributed by atoms with Gasteiger partial charge in [-0.05, 0) is 48.6 Å². The zero-order valence-corrected chi connectivity index (χ0v) is 21.1. The number of halogens is 1. The number of fused-ring (bicyclic) bond motifs is 1. The van der Waals surface area contributed by atoms with Gasteiger partial charge in [0.25, 0.3) is 0 Å². The van der Waals surface area contributed by atoms with Crippen LogP contribution in [0.25, 0.3) is 11.1 Å². The number of benzene rings is 1. The lowest BCUT2D eigenvalue weighted by Crippen LogP contribution is -2.34. The lowest BCUT2D eigenvalue weighted by molar-refractivity contribution is 0.272. The predicted octanol–water partition coefficient (Wildman–Crippen LogP) is 6.83. The summed E-state index contributed by atoms with van der Waals surface area (Å²) in [6.45, 7) is 19.8. The smallest absolute Gasteiger partial charge is 0.0505 e. The third-order valence-corrected chi connectivity index (χ3v) is 6.69. The topological polar surface area (TPSA) is 57.1 Å². The number of nitrogens with two attached hydrogens (primary N) is 1. The van der Waals surface area contributed by atoms with Crippen molar-refractivity contribution in [1.29, 1.82) is 0 Å². The molecule has 0 aliphatic carbocycles. The summed E-state index contributed by atoms with van der Waals surface area (Å²) in [5.74, 6) is 0.449. The van der Waals surface area contributed by atoms with Crippen LogP contribution in [0.3, 0.4) is 0 Å².